The van der Waals surface area contributed by atoms with E-state index in [1.807, 2.05) is 0 Å². The van der Waals surface area contributed by atoms with Crippen molar-refractivity contribution in [1.82, 2.24) is 35.7 Å². The van der Waals surface area contributed by atoms with Crippen molar-refractivity contribution in [3.05, 3.63) is 129 Å². The third-order valence-electron chi connectivity index (χ3n) is 6.67. The minimum absolute atomic E-state index is 0.0936. The molecule has 0 aliphatic carbocycles. The van der Waals surface area contributed by atoms with E-state index in [4.69, 9.17) is 16.3 Å². The molecule has 0 aliphatic heterocycles. The molecule has 5 rings (SSSR count). The van der Waals surface area contributed by atoms with Gasteiger partial charge in [-0.05, 0) is 76.0 Å². The number of amides is 1. The van der Waals surface area contributed by atoms with E-state index in [-0.39, 0.29) is 18.8 Å². The summed E-state index contributed by atoms with van der Waals surface area (Å²) >= 11 is 6.19. The molecule has 44 heavy (non-hydrogen) atoms. The SMILES string of the molecule is COC(=O)Cc1ccc(-c2cc([C@H](Cc3cccc(F)c3)NC(=O)/C=C/c3cc(Cl)ccc3-n3cnnn3)n[nH]c2=O)cc1. The van der Waals surface area contributed by atoms with Gasteiger partial charge >= 0.3 is 5.97 Å². The van der Waals surface area contributed by atoms with Crippen LogP contribution in [0.4, 0.5) is 4.39 Å². The molecular formula is C31H25ClFN7O4. The second-order valence-corrected chi connectivity index (χ2v) is 10.1. The van der Waals surface area contributed by atoms with Crippen LogP contribution in [-0.2, 0) is 27.2 Å². The Morgan fingerprint density at radius 1 is 1.09 bits per heavy atom. The first-order valence-corrected chi connectivity index (χ1v) is 13.7. The molecule has 0 saturated carbocycles. The van der Waals surface area contributed by atoms with Crippen LogP contribution in [0.3, 0.4) is 0 Å². The average Bonchev–Trinajstić information content (AvgIpc) is 3.55. The molecule has 3 aromatic carbocycles. The van der Waals surface area contributed by atoms with Gasteiger partial charge in [-0.3, -0.25) is 14.4 Å². The number of rotatable bonds is 10. The first-order chi connectivity index (χ1) is 21.3. The van der Waals surface area contributed by atoms with E-state index in [1.165, 1.54) is 36.3 Å². The third kappa shape index (κ3) is 7.47. The van der Waals surface area contributed by atoms with Gasteiger partial charge in [-0.1, -0.05) is 48.0 Å². The van der Waals surface area contributed by atoms with Gasteiger partial charge in [0, 0.05) is 16.7 Å². The number of esters is 1. The van der Waals surface area contributed by atoms with Crippen molar-refractivity contribution in [3.63, 3.8) is 0 Å². The smallest absolute Gasteiger partial charge is 0.309 e. The van der Waals surface area contributed by atoms with Crippen LogP contribution in [0.2, 0.25) is 5.02 Å². The molecule has 222 valence electrons. The highest BCUT2D eigenvalue weighted by Gasteiger charge is 2.19. The fraction of sp³-hybridized carbons (Fsp3) is 0.129. The molecule has 0 saturated heterocycles. The molecule has 2 heterocycles. The van der Waals surface area contributed by atoms with Gasteiger partial charge < -0.3 is 10.1 Å². The molecule has 0 radical (unpaired) electrons. The highest BCUT2D eigenvalue weighted by molar-refractivity contribution is 6.30. The molecule has 11 nitrogen and oxygen atoms in total. The Labute approximate surface area is 255 Å². The zero-order chi connectivity index (χ0) is 31.1. The maximum atomic E-state index is 14.0. The zero-order valence-electron chi connectivity index (χ0n) is 23.3. The van der Waals surface area contributed by atoms with E-state index in [0.717, 1.165) is 5.56 Å². The molecule has 0 bridgehead atoms. The van der Waals surface area contributed by atoms with Gasteiger partial charge in [-0.2, -0.15) is 9.78 Å². The Kier molecular flexibility index (Phi) is 9.31. The third-order valence-corrected chi connectivity index (χ3v) is 6.90. The summed E-state index contributed by atoms with van der Waals surface area (Å²) in [5.41, 5.74) is 3.30. The van der Waals surface area contributed by atoms with Crippen molar-refractivity contribution in [2.45, 2.75) is 18.9 Å². The molecule has 0 fully saturated rings. The summed E-state index contributed by atoms with van der Waals surface area (Å²) in [7, 11) is 1.31. The highest BCUT2D eigenvalue weighted by Crippen LogP contribution is 2.23. The van der Waals surface area contributed by atoms with Crippen LogP contribution in [-0.4, -0.2) is 49.4 Å². The topological polar surface area (TPSA) is 145 Å². The molecule has 13 heteroatoms. The van der Waals surface area contributed by atoms with Gasteiger partial charge in [-0.25, -0.2) is 9.49 Å². The minimum atomic E-state index is -0.749. The Hall–Kier alpha value is -5.49. The van der Waals surface area contributed by atoms with Crippen molar-refractivity contribution in [1.29, 1.82) is 0 Å². The number of ether oxygens (including phenoxy) is 1. The van der Waals surface area contributed by atoms with Gasteiger partial charge in [0.05, 0.1) is 36.5 Å². The molecule has 5 aromatic rings. The average molecular weight is 614 g/mol. The highest BCUT2D eigenvalue weighted by atomic mass is 35.5. The van der Waals surface area contributed by atoms with E-state index in [2.05, 4.69) is 31.0 Å². The lowest BCUT2D eigenvalue weighted by Gasteiger charge is -2.18. The molecule has 0 aliphatic rings. The molecule has 2 aromatic heterocycles. The summed E-state index contributed by atoms with van der Waals surface area (Å²) in [5, 5.41) is 21.3. The fourth-order valence-corrected chi connectivity index (χ4v) is 4.69. The van der Waals surface area contributed by atoms with E-state index >= 15 is 0 Å². The van der Waals surface area contributed by atoms with Crippen LogP contribution in [0, 0.1) is 5.82 Å². The molecule has 2 N–H and O–H groups in total. The first-order valence-electron chi connectivity index (χ1n) is 13.3. The number of H-pyrrole nitrogens is 1. The zero-order valence-corrected chi connectivity index (χ0v) is 24.0. The quantitative estimate of drug-likeness (QED) is 0.177. The van der Waals surface area contributed by atoms with Crippen molar-refractivity contribution in [2.24, 2.45) is 0 Å². The minimum Gasteiger partial charge on any atom is -0.469 e. The summed E-state index contributed by atoms with van der Waals surface area (Å²) in [6.45, 7) is 0. The van der Waals surface area contributed by atoms with Crippen molar-refractivity contribution in [2.75, 3.05) is 7.11 Å². The van der Waals surface area contributed by atoms with Crippen LogP contribution in [0.5, 0.6) is 0 Å². The number of aromatic nitrogens is 6. The summed E-state index contributed by atoms with van der Waals surface area (Å²) in [4.78, 5) is 37.6. The maximum absolute atomic E-state index is 14.0. The lowest BCUT2D eigenvalue weighted by Crippen LogP contribution is -2.30. The Morgan fingerprint density at radius 2 is 1.91 bits per heavy atom. The summed E-state index contributed by atoms with van der Waals surface area (Å²) in [6, 6.07) is 18.8. The second kappa shape index (κ2) is 13.7. The number of aromatic amines is 1. The van der Waals surface area contributed by atoms with Gasteiger partial charge in [0.2, 0.25) is 5.91 Å². The largest absolute Gasteiger partial charge is 0.469 e. The summed E-state index contributed by atoms with van der Waals surface area (Å²) < 4.78 is 20.2. The standard InChI is InChI=1S/C31H25ClFN7O4/c1-44-30(42)15-19-5-7-21(8-6-19)25-17-27(36-37-31(25)43)26(14-20-3-2-4-24(33)13-20)35-29(41)12-9-22-16-23(32)10-11-28(22)40-18-34-38-39-40/h2-13,16-18,26H,14-15H2,1H3,(H,35,41)(H,37,43)/b12-9+/t26-/m0/s1. The number of hydrogen-bond acceptors (Lipinski definition) is 8. The van der Waals surface area contributed by atoms with Crippen molar-refractivity contribution >= 4 is 29.6 Å². The normalized spacial score (nSPS) is 11.8. The predicted octanol–water partition coefficient (Wildman–Crippen LogP) is 4.03. The number of benzene rings is 3. The van der Waals surface area contributed by atoms with Gasteiger partial charge in [0.15, 0.2) is 0 Å². The van der Waals surface area contributed by atoms with Crippen LogP contribution in [0.25, 0.3) is 22.9 Å². The Bertz CT molecular complexity index is 1880. The number of methoxy groups -OCH3 is 1. The molecule has 0 spiro atoms. The first kappa shape index (κ1) is 30.0. The summed E-state index contributed by atoms with van der Waals surface area (Å²) in [5.74, 6) is -1.28. The fourth-order valence-electron chi connectivity index (χ4n) is 4.51. The lowest BCUT2D eigenvalue weighted by atomic mass is 9.99. The van der Waals surface area contributed by atoms with E-state index in [1.54, 1.807) is 66.7 Å². The molecule has 1 atom stereocenters. The Morgan fingerprint density at radius 3 is 2.64 bits per heavy atom. The molecule has 0 unspecified atom stereocenters. The van der Waals surface area contributed by atoms with E-state index < -0.39 is 23.3 Å². The molecular weight excluding hydrogens is 589 g/mol. The number of nitrogens with one attached hydrogen (secondary N) is 2. The van der Waals surface area contributed by atoms with Crippen LogP contribution < -0.4 is 10.9 Å². The maximum Gasteiger partial charge on any atom is 0.309 e. The van der Waals surface area contributed by atoms with Crippen LogP contribution >= 0.6 is 11.6 Å². The number of carbonyl (C=O) groups excluding carboxylic acids is 2. The predicted molar refractivity (Wildman–Crippen MR) is 160 cm³/mol. The van der Waals surface area contributed by atoms with Crippen LogP contribution in [0.15, 0.2) is 90.0 Å². The number of halogens is 2. The Balaban J connectivity index is 1.44. The van der Waals surface area contributed by atoms with Gasteiger partial charge in [0.1, 0.15) is 12.1 Å². The van der Waals surface area contributed by atoms with Gasteiger partial charge in [0.25, 0.3) is 5.56 Å². The van der Waals surface area contributed by atoms with E-state index in [0.29, 0.717) is 38.7 Å². The van der Waals surface area contributed by atoms with Crippen molar-refractivity contribution < 1.29 is 18.7 Å². The lowest BCUT2D eigenvalue weighted by molar-refractivity contribution is -0.139. The van der Waals surface area contributed by atoms with E-state index in [9.17, 15) is 18.8 Å². The summed E-state index contributed by atoms with van der Waals surface area (Å²) in [6.07, 6.45) is 4.59. The number of carbonyl (C=O) groups is 2. The number of tetrazole rings is 1. The van der Waals surface area contributed by atoms with Gasteiger partial charge in [-0.15, -0.1) is 5.10 Å². The molecule has 1 amide bonds. The number of hydrogen-bond donors (Lipinski definition) is 2. The second-order valence-electron chi connectivity index (χ2n) is 9.67. The van der Waals surface area contributed by atoms with Crippen LogP contribution in [0.1, 0.15) is 28.4 Å². The van der Waals surface area contributed by atoms with Crippen molar-refractivity contribution in [3.8, 4) is 16.8 Å². The number of nitrogens with zero attached hydrogens (tertiary/aromatic N) is 5. The monoisotopic (exact) mass is 613 g/mol.